The molecule has 2 N–H and O–H groups in total. The van der Waals surface area contributed by atoms with E-state index in [-0.39, 0.29) is 23.8 Å². The van der Waals surface area contributed by atoms with Gasteiger partial charge in [0.2, 0.25) is 5.75 Å². The predicted molar refractivity (Wildman–Crippen MR) is 103 cm³/mol. The number of hydrogen-bond donors (Lipinski definition) is 2. The molecule has 0 saturated heterocycles. The summed E-state index contributed by atoms with van der Waals surface area (Å²) in [7, 11) is 4.60. The minimum absolute atomic E-state index is 0.0592. The Balaban J connectivity index is 1.82. The number of hydrogen-bond acceptors (Lipinski definition) is 5. The lowest BCUT2D eigenvalue weighted by molar-refractivity contribution is 0.0948. The molecule has 3 rings (SSSR count). The lowest BCUT2D eigenvalue weighted by Crippen LogP contribution is -2.23. The Bertz CT molecular complexity index is 958. The van der Waals surface area contributed by atoms with Crippen molar-refractivity contribution >= 4 is 16.7 Å². The van der Waals surface area contributed by atoms with Gasteiger partial charge in [0, 0.05) is 6.54 Å². The number of aromatic hydroxyl groups is 1. The lowest BCUT2D eigenvalue weighted by atomic mass is 10.1. The Morgan fingerprint density at radius 1 is 0.926 bits per heavy atom. The summed E-state index contributed by atoms with van der Waals surface area (Å²) in [5.74, 6) is 1.08. The van der Waals surface area contributed by atoms with E-state index in [2.05, 4.69) is 5.32 Å². The van der Waals surface area contributed by atoms with Crippen molar-refractivity contribution in [1.82, 2.24) is 5.32 Å². The first-order valence-electron chi connectivity index (χ1n) is 8.36. The fourth-order valence-corrected chi connectivity index (χ4v) is 2.93. The van der Waals surface area contributed by atoms with Gasteiger partial charge in [-0.05, 0) is 40.6 Å². The van der Waals surface area contributed by atoms with Crippen LogP contribution in [0.4, 0.5) is 0 Å². The number of methoxy groups -OCH3 is 3. The van der Waals surface area contributed by atoms with E-state index >= 15 is 0 Å². The number of carbonyl (C=O) groups excluding carboxylic acids is 1. The molecule has 0 atom stereocenters. The number of carbonyl (C=O) groups is 1. The number of ether oxygens (including phenoxy) is 3. The number of amides is 1. The topological polar surface area (TPSA) is 77.0 Å². The molecule has 0 aliphatic carbocycles. The van der Waals surface area contributed by atoms with Crippen LogP contribution in [0.15, 0.2) is 48.5 Å². The van der Waals surface area contributed by atoms with Crippen molar-refractivity contribution in [2.24, 2.45) is 0 Å². The average molecular weight is 367 g/mol. The third-order valence-corrected chi connectivity index (χ3v) is 4.29. The Hall–Kier alpha value is -3.41. The Kier molecular flexibility index (Phi) is 5.35. The number of benzene rings is 3. The number of phenols is 1. The maximum Gasteiger partial charge on any atom is 0.255 e. The van der Waals surface area contributed by atoms with Gasteiger partial charge in [-0.15, -0.1) is 0 Å². The maximum absolute atomic E-state index is 12.6. The van der Waals surface area contributed by atoms with Crippen LogP contribution in [0.2, 0.25) is 0 Å². The van der Waals surface area contributed by atoms with Crippen molar-refractivity contribution in [3.05, 3.63) is 59.7 Å². The number of rotatable bonds is 6. The standard InChI is InChI=1S/C21H21NO5/c1-25-18-8-13(9-19(26-2)20(18)27-3)12-22-21(24)16-10-14-6-4-5-7-15(14)11-17(16)23/h4-11,23H,12H2,1-3H3,(H,22,24). The summed E-state index contributed by atoms with van der Waals surface area (Å²) in [4.78, 5) is 12.6. The Labute approximate surface area is 157 Å². The summed E-state index contributed by atoms with van der Waals surface area (Å²) in [5, 5.41) is 14.8. The highest BCUT2D eigenvalue weighted by Crippen LogP contribution is 2.38. The van der Waals surface area contributed by atoms with Crippen LogP contribution in [0.3, 0.4) is 0 Å². The van der Waals surface area contributed by atoms with Gasteiger partial charge in [0.15, 0.2) is 11.5 Å². The fraction of sp³-hybridized carbons (Fsp3) is 0.190. The van der Waals surface area contributed by atoms with Crippen LogP contribution in [-0.4, -0.2) is 32.3 Å². The molecule has 0 heterocycles. The minimum atomic E-state index is -0.369. The number of nitrogens with one attached hydrogen (secondary N) is 1. The average Bonchev–Trinajstić information content (AvgIpc) is 2.70. The quantitative estimate of drug-likeness (QED) is 0.697. The second-order valence-corrected chi connectivity index (χ2v) is 5.93. The Morgan fingerprint density at radius 3 is 2.07 bits per heavy atom. The molecule has 0 unspecified atom stereocenters. The highest BCUT2D eigenvalue weighted by Gasteiger charge is 2.15. The van der Waals surface area contributed by atoms with Crippen LogP contribution >= 0.6 is 0 Å². The molecule has 0 aliphatic heterocycles. The molecule has 6 nitrogen and oxygen atoms in total. The monoisotopic (exact) mass is 367 g/mol. The molecule has 0 bridgehead atoms. The van der Waals surface area contributed by atoms with E-state index in [0.29, 0.717) is 17.2 Å². The summed E-state index contributed by atoms with van der Waals surface area (Å²) in [6.45, 7) is 0.238. The normalized spacial score (nSPS) is 10.5. The summed E-state index contributed by atoms with van der Waals surface area (Å²) in [6, 6.07) is 14.3. The van der Waals surface area contributed by atoms with Gasteiger partial charge in [-0.3, -0.25) is 4.79 Å². The van der Waals surface area contributed by atoms with Crippen molar-refractivity contribution in [3.8, 4) is 23.0 Å². The van der Waals surface area contributed by atoms with E-state index in [4.69, 9.17) is 14.2 Å². The van der Waals surface area contributed by atoms with Crippen LogP contribution in [0.25, 0.3) is 10.8 Å². The summed E-state index contributed by atoms with van der Waals surface area (Å²) in [5.41, 5.74) is 0.999. The fourth-order valence-electron chi connectivity index (χ4n) is 2.93. The van der Waals surface area contributed by atoms with E-state index < -0.39 is 0 Å². The van der Waals surface area contributed by atoms with Crippen LogP contribution in [0, 0.1) is 0 Å². The second kappa shape index (κ2) is 7.86. The van der Waals surface area contributed by atoms with Crippen molar-refractivity contribution < 1.29 is 24.1 Å². The third kappa shape index (κ3) is 3.74. The minimum Gasteiger partial charge on any atom is -0.507 e. The molecule has 27 heavy (non-hydrogen) atoms. The van der Waals surface area contributed by atoms with Crippen molar-refractivity contribution in [2.75, 3.05) is 21.3 Å². The van der Waals surface area contributed by atoms with Gasteiger partial charge in [0.05, 0.1) is 26.9 Å². The van der Waals surface area contributed by atoms with Crippen LogP contribution in [0.5, 0.6) is 23.0 Å². The highest BCUT2D eigenvalue weighted by atomic mass is 16.5. The highest BCUT2D eigenvalue weighted by molar-refractivity contribution is 6.01. The first kappa shape index (κ1) is 18.4. The maximum atomic E-state index is 12.6. The van der Waals surface area contributed by atoms with Crippen molar-refractivity contribution in [2.45, 2.75) is 6.54 Å². The van der Waals surface area contributed by atoms with Gasteiger partial charge >= 0.3 is 0 Å². The van der Waals surface area contributed by atoms with Crippen LogP contribution in [0.1, 0.15) is 15.9 Å². The second-order valence-electron chi connectivity index (χ2n) is 5.93. The summed E-state index contributed by atoms with van der Waals surface area (Å²) >= 11 is 0. The molecule has 0 fully saturated rings. The molecule has 6 heteroatoms. The van der Waals surface area contributed by atoms with E-state index in [9.17, 15) is 9.90 Å². The van der Waals surface area contributed by atoms with E-state index in [1.165, 1.54) is 21.3 Å². The zero-order valence-corrected chi connectivity index (χ0v) is 15.4. The third-order valence-electron chi connectivity index (χ3n) is 4.29. The van der Waals surface area contributed by atoms with Gasteiger partial charge in [-0.25, -0.2) is 0 Å². The van der Waals surface area contributed by atoms with E-state index in [0.717, 1.165) is 16.3 Å². The molecule has 0 aromatic heterocycles. The molecule has 0 radical (unpaired) electrons. The number of phenolic OH excluding ortho intramolecular Hbond substituents is 1. The van der Waals surface area contributed by atoms with Gasteiger partial charge in [-0.2, -0.15) is 0 Å². The van der Waals surface area contributed by atoms with E-state index in [1.54, 1.807) is 24.3 Å². The van der Waals surface area contributed by atoms with Gasteiger partial charge in [0.1, 0.15) is 5.75 Å². The first-order valence-corrected chi connectivity index (χ1v) is 8.36. The first-order chi connectivity index (χ1) is 13.1. The predicted octanol–water partition coefficient (Wildman–Crippen LogP) is 3.50. The van der Waals surface area contributed by atoms with E-state index in [1.807, 2.05) is 24.3 Å². The van der Waals surface area contributed by atoms with Gasteiger partial charge < -0.3 is 24.6 Å². The van der Waals surface area contributed by atoms with Gasteiger partial charge in [0.25, 0.3) is 5.91 Å². The smallest absolute Gasteiger partial charge is 0.255 e. The summed E-state index contributed by atoms with van der Waals surface area (Å²) < 4.78 is 15.9. The molecule has 0 saturated carbocycles. The van der Waals surface area contributed by atoms with Crippen LogP contribution < -0.4 is 19.5 Å². The van der Waals surface area contributed by atoms with Gasteiger partial charge in [-0.1, -0.05) is 24.3 Å². The molecule has 140 valence electrons. The SMILES string of the molecule is COc1cc(CNC(=O)c2cc3ccccc3cc2O)cc(OC)c1OC. The molecule has 3 aromatic carbocycles. The van der Waals surface area contributed by atoms with Crippen molar-refractivity contribution in [1.29, 1.82) is 0 Å². The van der Waals surface area contributed by atoms with Crippen molar-refractivity contribution in [3.63, 3.8) is 0 Å². The number of fused-ring (bicyclic) bond motifs is 1. The molecular formula is C21H21NO5. The zero-order chi connectivity index (χ0) is 19.4. The molecule has 0 spiro atoms. The molecule has 0 aliphatic rings. The Morgan fingerprint density at radius 2 is 1.52 bits per heavy atom. The lowest BCUT2D eigenvalue weighted by Gasteiger charge is -2.14. The molecular weight excluding hydrogens is 346 g/mol. The van der Waals surface area contributed by atoms with Crippen LogP contribution in [-0.2, 0) is 6.54 Å². The largest absolute Gasteiger partial charge is 0.507 e. The molecule has 1 amide bonds. The zero-order valence-electron chi connectivity index (χ0n) is 15.4. The summed E-state index contributed by atoms with van der Waals surface area (Å²) in [6.07, 6.45) is 0. The molecule has 3 aromatic rings.